The van der Waals surface area contributed by atoms with E-state index in [1.165, 1.54) is 4.90 Å². The summed E-state index contributed by atoms with van der Waals surface area (Å²) in [6, 6.07) is 21.8. The van der Waals surface area contributed by atoms with Crippen molar-refractivity contribution < 1.29 is 24.5 Å². The Morgan fingerprint density at radius 1 is 0.972 bits per heavy atom. The standard InChI is InChI=1S/C29H32ClNO5/c1-29(2,3)36-28(35)31(19-26(32)24-7-4-8-25(30)18-24)17-5-6-20-9-11-21(12-10-20)22-13-15-23(16-14-22)27(33)34/h4,7-16,18,26,32H,5-6,17,19H2,1-3H3,(H,33,34)/t26-/m0/s1. The van der Waals surface area contributed by atoms with Crippen molar-refractivity contribution in [2.75, 3.05) is 13.1 Å². The molecule has 0 aliphatic carbocycles. The predicted octanol–water partition coefficient (Wildman–Crippen LogP) is 6.61. The molecule has 190 valence electrons. The molecule has 0 fully saturated rings. The highest BCUT2D eigenvalue weighted by Gasteiger charge is 2.24. The number of carbonyl (C=O) groups is 2. The van der Waals surface area contributed by atoms with Crippen LogP contribution in [-0.2, 0) is 11.2 Å². The number of hydrogen-bond donors (Lipinski definition) is 2. The fourth-order valence-corrected chi connectivity index (χ4v) is 3.95. The smallest absolute Gasteiger partial charge is 0.410 e. The molecule has 6 nitrogen and oxygen atoms in total. The highest BCUT2D eigenvalue weighted by atomic mass is 35.5. The maximum Gasteiger partial charge on any atom is 0.410 e. The number of aliphatic hydroxyl groups is 1. The molecule has 1 amide bonds. The Kier molecular flexibility index (Phi) is 9.13. The average Bonchev–Trinajstić information content (AvgIpc) is 2.82. The molecule has 7 heteroatoms. The number of carbonyl (C=O) groups excluding carboxylic acids is 1. The number of ether oxygens (including phenoxy) is 1. The second kappa shape index (κ2) is 12.1. The Morgan fingerprint density at radius 3 is 2.14 bits per heavy atom. The van der Waals surface area contributed by atoms with Crippen molar-refractivity contribution in [3.8, 4) is 11.1 Å². The SMILES string of the molecule is CC(C)(C)OC(=O)N(CCCc1ccc(-c2ccc(C(=O)O)cc2)cc1)C[C@H](O)c1cccc(Cl)c1. The Balaban J connectivity index is 1.62. The van der Waals surface area contributed by atoms with Gasteiger partial charge in [-0.2, -0.15) is 0 Å². The van der Waals surface area contributed by atoms with Crippen LogP contribution in [0.25, 0.3) is 11.1 Å². The summed E-state index contributed by atoms with van der Waals surface area (Å²) in [6.45, 7) is 5.96. The molecule has 1 atom stereocenters. The van der Waals surface area contributed by atoms with Crippen LogP contribution in [0.1, 0.15) is 54.8 Å². The van der Waals surface area contributed by atoms with Crippen molar-refractivity contribution in [1.29, 1.82) is 0 Å². The second-order valence-corrected chi connectivity index (χ2v) is 10.1. The van der Waals surface area contributed by atoms with Crippen LogP contribution in [0.3, 0.4) is 0 Å². The zero-order valence-corrected chi connectivity index (χ0v) is 21.5. The van der Waals surface area contributed by atoms with Gasteiger partial charge in [0, 0.05) is 11.6 Å². The molecule has 0 aromatic heterocycles. The van der Waals surface area contributed by atoms with E-state index in [9.17, 15) is 14.7 Å². The van der Waals surface area contributed by atoms with Gasteiger partial charge < -0.3 is 19.8 Å². The highest BCUT2D eigenvalue weighted by Crippen LogP contribution is 2.22. The fraction of sp³-hybridized carbons (Fsp3) is 0.310. The van der Waals surface area contributed by atoms with Gasteiger partial charge in [-0.25, -0.2) is 9.59 Å². The van der Waals surface area contributed by atoms with Crippen molar-refractivity contribution >= 4 is 23.7 Å². The maximum absolute atomic E-state index is 12.8. The lowest BCUT2D eigenvalue weighted by molar-refractivity contribution is 0.0142. The first kappa shape index (κ1) is 27.2. The van der Waals surface area contributed by atoms with E-state index in [1.54, 1.807) is 48.5 Å². The van der Waals surface area contributed by atoms with E-state index in [-0.39, 0.29) is 12.1 Å². The van der Waals surface area contributed by atoms with Gasteiger partial charge in [0.05, 0.1) is 18.2 Å². The number of nitrogens with zero attached hydrogens (tertiary/aromatic N) is 1. The molecule has 0 saturated heterocycles. The normalized spacial score (nSPS) is 12.1. The van der Waals surface area contributed by atoms with E-state index in [1.807, 2.05) is 45.0 Å². The zero-order chi connectivity index (χ0) is 26.3. The maximum atomic E-state index is 12.8. The van der Waals surface area contributed by atoms with Crippen LogP contribution in [-0.4, -0.2) is 45.9 Å². The van der Waals surface area contributed by atoms with E-state index in [0.717, 1.165) is 23.1 Å². The minimum atomic E-state index is -0.947. The number of hydrogen-bond acceptors (Lipinski definition) is 4. The van der Waals surface area contributed by atoms with E-state index in [4.69, 9.17) is 21.4 Å². The average molecular weight is 510 g/mol. The Hall–Kier alpha value is -3.35. The highest BCUT2D eigenvalue weighted by molar-refractivity contribution is 6.30. The van der Waals surface area contributed by atoms with Crippen LogP contribution < -0.4 is 0 Å². The minimum Gasteiger partial charge on any atom is -0.478 e. The molecule has 3 aromatic carbocycles. The van der Waals surface area contributed by atoms with Gasteiger partial charge in [-0.05, 0) is 80.1 Å². The van der Waals surface area contributed by atoms with E-state index >= 15 is 0 Å². The van der Waals surface area contributed by atoms with Crippen LogP contribution in [0, 0.1) is 0 Å². The van der Waals surface area contributed by atoms with Gasteiger partial charge in [0.1, 0.15) is 5.60 Å². The summed E-state index contributed by atoms with van der Waals surface area (Å²) in [7, 11) is 0. The lowest BCUT2D eigenvalue weighted by Gasteiger charge is -2.29. The topological polar surface area (TPSA) is 87.1 Å². The van der Waals surface area contributed by atoms with Crippen LogP contribution >= 0.6 is 11.6 Å². The Labute approximate surface area is 217 Å². The van der Waals surface area contributed by atoms with Gasteiger partial charge in [-0.15, -0.1) is 0 Å². The van der Waals surface area contributed by atoms with Crippen LogP contribution in [0.5, 0.6) is 0 Å². The number of amides is 1. The number of rotatable bonds is 9. The number of carboxylic acids is 1. The quantitative estimate of drug-likeness (QED) is 0.339. The number of aliphatic hydroxyl groups excluding tert-OH is 1. The molecule has 0 bridgehead atoms. The summed E-state index contributed by atoms with van der Waals surface area (Å²) < 4.78 is 5.56. The van der Waals surface area contributed by atoms with E-state index in [0.29, 0.717) is 23.6 Å². The molecule has 0 spiro atoms. The molecule has 3 rings (SSSR count). The largest absolute Gasteiger partial charge is 0.478 e. The third-order valence-electron chi connectivity index (χ3n) is 5.59. The number of benzene rings is 3. The molecule has 3 aromatic rings. The van der Waals surface area contributed by atoms with Gasteiger partial charge in [0.15, 0.2) is 0 Å². The zero-order valence-electron chi connectivity index (χ0n) is 20.8. The van der Waals surface area contributed by atoms with Crippen LogP contribution in [0.15, 0.2) is 72.8 Å². The molecule has 36 heavy (non-hydrogen) atoms. The van der Waals surface area contributed by atoms with Gasteiger partial charge in [0.25, 0.3) is 0 Å². The minimum absolute atomic E-state index is 0.0977. The molecule has 2 N–H and O–H groups in total. The molecule has 0 aliphatic heterocycles. The fourth-order valence-electron chi connectivity index (χ4n) is 3.75. The molecular formula is C29H32ClNO5. The third-order valence-corrected chi connectivity index (χ3v) is 5.83. The lowest BCUT2D eigenvalue weighted by atomic mass is 10.0. The molecule has 0 saturated carbocycles. The number of carboxylic acid groups (broad SMARTS) is 1. The van der Waals surface area contributed by atoms with Crippen molar-refractivity contribution in [2.45, 2.75) is 45.3 Å². The van der Waals surface area contributed by atoms with Gasteiger partial charge >= 0.3 is 12.1 Å². The van der Waals surface area contributed by atoms with Crippen molar-refractivity contribution in [3.63, 3.8) is 0 Å². The number of aryl methyl sites for hydroxylation is 1. The van der Waals surface area contributed by atoms with E-state index < -0.39 is 23.8 Å². The van der Waals surface area contributed by atoms with Crippen molar-refractivity contribution in [2.24, 2.45) is 0 Å². The first-order valence-electron chi connectivity index (χ1n) is 11.9. The summed E-state index contributed by atoms with van der Waals surface area (Å²) in [4.78, 5) is 25.4. The van der Waals surface area contributed by atoms with Gasteiger partial charge in [-0.3, -0.25) is 0 Å². The Morgan fingerprint density at radius 2 is 1.58 bits per heavy atom. The van der Waals surface area contributed by atoms with Crippen LogP contribution in [0.2, 0.25) is 5.02 Å². The van der Waals surface area contributed by atoms with Gasteiger partial charge in [0.2, 0.25) is 0 Å². The van der Waals surface area contributed by atoms with Crippen molar-refractivity contribution in [3.05, 3.63) is 94.5 Å². The van der Waals surface area contributed by atoms with E-state index in [2.05, 4.69) is 0 Å². The van der Waals surface area contributed by atoms with Gasteiger partial charge in [-0.1, -0.05) is 60.1 Å². The molecular weight excluding hydrogens is 478 g/mol. The summed E-state index contributed by atoms with van der Waals surface area (Å²) in [5.74, 6) is -0.947. The van der Waals surface area contributed by atoms with Crippen molar-refractivity contribution in [1.82, 2.24) is 4.90 Å². The summed E-state index contributed by atoms with van der Waals surface area (Å²) in [5.41, 5.74) is 3.30. The first-order valence-corrected chi connectivity index (χ1v) is 12.2. The monoisotopic (exact) mass is 509 g/mol. The molecule has 0 heterocycles. The molecule has 0 aliphatic rings. The molecule has 0 unspecified atom stereocenters. The Bertz CT molecular complexity index is 1170. The van der Waals surface area contributed by atoms with Crippen LogP contribution in [0.4, 0.5) is 4.79 Å². The summed E-state index contributed by atoms with van der Waals surface area (Å²) in [6.07, 6.45) is 0.0747. The predicted molar refractivity (Wildman–Crippen MR) is 141 cm³/mol. The summed E-state index contributed by atoms with van der Waals surface area (Å²) >= 11 is 6.06. The number of aromatic carboxylic acids is 1. The number of halogens is 1. The summed E-state index contributed by atoms with van der Waals surface area (Å²) in [5, 5.41) is 20.3. The molecule has 0 radical (unpaired) electrons. The lowest BCUT2D eigenvalue weighted by Crippen LogP contribution is -2.40. The first-order chi connectivity index (χ1) is 17.0. The third kappa shape index (κ3) is 8.11. The second-order valence-electron chi connectivity index (χ2n) is 9.68.